The standard InChI is InChI=1S/C6H3Br2NO2S/c7-3-1-4(8)6(12)2-5(3)9(10)11/h1-2,12H. The molecule has 1 aromatic rings. The average molecular weight is 313 g/mol. The highest BCUT2D eigenvalue weighted by Gasteiger charge is 2.13. The number of nitro benzene ring substituents is 1. The number of nitrogens with zero attached hydrogens (tertiary/aromatic N) is 1. The Morgan fingerprint density at radius 2 is 1.92 bits per heavy atom. The van der Waals surface area contributed by atoms with E-state index in [1.165, 1.54) is 6.07 Å². The van der Waals surface area contributed by atoms with Crippen LogP contribution >= 0.6 is 44.5 Å². The Morgan fingerprint density at radius 1 is 1.33 bits per heavy atom. The van der Waals surface area contributed by atoms with Gasteiger partial charge in [-0.25, -0.2) is 0 Å². The van der Waals surface area contributed by atoms with Gasteiger partial charge in [0.15, 0.2) is 0 Å². The van der Waals surface area contributed by atoms with E-state index in [2.05, 4.69) is 44.5 Å². The second kappa shape index (κ2) is 3.76. The van der Waals surface area contributed by atoms with Crippen LogP contribution in [0, 0.1) is 10.1 Å². The molecule has 0 atom stereocenters. The van der Waals surface area contributed by atoms with Crippen LogP contribution in [-0.2, 0) is 0 Å². The molecule has 0 aliphatic rings. The minimum atomic E-state index is -0.462. The van der Waals surface area contributed by atoms with E-state index in [-0.39, 0.29) is 5.69 Å². The Bertz CT molecular complexity index is 343. The van der Waals surface area contributed by atoms with E-state index in [0.717, 1.165) is 4.47 Å². The molecule has 0 amide bonds. The van der Waals surface area contributed by atoms with Crippen LogP contribution in [0.4, 0.5) is 5.69 Å². The summed E-state index contributed by atoms with van der Waals surface area (Å²) in [6.45, 7) is 0. The molecule has 0 spiro atoms. The monoisotopic (exact) mass is 311 g/mol. The van der Waals surface area contributed by atoms with Gasteiger partial charge in [0.25, 0.3) is 5.69 Å². The Kier molecular flexibility index (Phi) is 3.14. The third-order valence-corrected chi connectivity index (χ3v) is 3.18. The fraction of sp³-hybridized carbons (Fsp3) is 0. The molecule has 3 nitrogen and oxygen atoms in total. The molecule has 0 saturated carbocycles. The molecule has 1 rings (SSSR count). The van der Waals surface area contributed by atoms with Crippen molar-refractivity contribution in [3.05, 3.63) is 31.2 Å². The topological polar surface area (TPSA) is 43.1 Å². The lowest BCUT2D eigenvalue weighted by Crippen LogP contribution is -1.89. The van der Waals surface area contributed by atoms with Gasteiger partial charge in [-0.05, 0) is 37.9 Å². The van der Waals surface area contributed by atoms with Gasteiger partial charge in [-0.15, -0.1) is 12.6 Å². The zero-order chi connectivity index (χ0) is 9.30. The smallest absolute Gasteiger partial charge is 0.258 e. The predicted octanol–water partition coefficient (Wildman–Crippen LogP) is 3.41. The largest absolute Gasteiger partial charge is 0.284 e. The average Bonchev–Trinajstić information content (AvgIpc) is 1.96. The molecule has 0 saturated heterocycles. The maximum atomic E-state index is 10.4. The molecule has 0 heterocycles. The molecule has 64 valence electrons. The minimum absolute atomic E-state index is 0.0169. The summed E-state index contributed by atoms with van der Waals surface area (Å²) in [6.07, 6.45) is 0. The van der Waals surface area contributed by atoms with Crippen molar-refractivity contribution in [2.24, 2.45) is 0 Å². The van der Waals surface area contributed by atoms with E-state index in [4.69, 9.17) is 0 Å². The van der Waals surface area contributed by atoms with E-state index in [9.17, 15) is 10.1 Å². The van der Waals surface area contributed by atoms with Crippen molar-refractivity contribution in [2.45, 2.75) is 4.90 Å². The first-order chi connectivity index (χ1) is 5.52. The third kappa shape index (κ3) is 1.99. The number of nitro groups is 1. The van der Waals surface area contributed by atoms with E-state index in [0.29, 0.717) is 9.37 Å². The van der Waals surface area contributed by atoms with E-state index >= 15 is 0 Å². The lowest BCUT2D eigenvalue weighted by atomic mass is 10.3. The summed E-state index contributed by atoms with van der Waals surface area (Å²) in [5.41, 5.74) is 0.0169. The Hall–Kier alpha value is -0.0700. The first kappa shape index (κ1) is 10.0. The fourth-order valence-electron chi connectivity index (χ4n) is 0.666. The maximum Gasteiger partial charge on any atom is 0.284 e. The van der Waals surface area contributed by atoms with Gasteiger partial charge in [-0.1, -0.05) is 0 Å². The van der Waals surface area contributed by atoms with Crippen molar-refractivity contribution in [2.75, 3.05) is 0 Å². The molecule has 12 heavy (non-hydrogen) atoms. The lowest BCUT2D eigenvalue weighted by Gasteiger charge is -1.98. The summed E-state index contributed by atoms with van der Waals surface area (Å²) < 4.78 is 1.17. The number of rotatable bonds is 1. The molecule has 0 radical (unpaired) electrons. The van der Waals surface area contributed by atoms with Crippen LogP contribution in [0.15, 0.2) is 26.0 Å². The maximum absolute atomic E-state index is 10.4. The molecular formula is C6H3Br2NO2S. The highest BCUT2D eigenvalue weighted by molar-refractivity contribution is 9.11. The third-order valence-electron chi connectivity index (χ3n) is 1.21. The van der Waals surface area contributed by atoms with Crippen LogP contribution < -0.4 is 0 Å². The van der Waals surface area contributed by atoms with E-state index < -0.39 is 4.92 Å². The normalized spacial score (nSPS) is 9.92. The number of hydrogen-bond acceptors (Lipinski definition) is 3. The number of halogens is 2. The van der Waals surface area contributed by atoms with Gasteiger partial charge >= 0.3 is 0 Å². The molecule has 0 aliphatic heterocycles. The van der Waals surface area contributed by atoms with Crippen LogP contribution in [-0.4, -0.2) is 4.92 Å². The first-order valence-electron chi connectivity index (χ1n) is 2.85. The second-order valence-corrected chi connectivity index (χ2v) is 4.20. The van der Waals surface area contributed by atoms with E-state index in [1.807, 2.05) is 0 Å². The van der Waals surface area contributed by atoms with Crippen LogP contribution in [0.25, 0.3) is 0 Å². The van der Waals surface area contributed by atoms with Crippen LogP contribution in [0.3, 0.4) is 0 Å². The fourth-order valence-corrected chi connectivity index (χ4v) is 1.99. The highest BCUT2D eigenvalue weighted by atomic mass is 79.9. The van der Waals surface area contributed by atoms with Gasteiger partial charge in [0.05, 0.1) is 9.40 Å². The Labute approximate surface area is 91.0 Å². The summed E-state index contributed by atoms with van der Waals surface area (Å²) in [7, 11) is 0. The van der Waals surface area contributed by atoms with E-state index in [1.54, 1.807) is 6.07 Å². The molecule has 1 aromatic carbocycles. The highest BCUT2D eigenvalue weighted by Crippen LogP contribution is 2.32. The summed E-state index contributed by atoms with van der Waals surface area (Å²) in [6, 6.07) is 2.98. The Balaban J connectivity index is 3.33. The number of thiol groups is 1. The molecule has 0 bridgehead atoms. The van der Waals surface area contributed by atoms with Gasteiger partial charge in [-0.3, -0.25) is 10.1 Å². The van der Waals surface area contributed by atoms with Crippen molar-refractivity contribution in [1.29, 1.82) is 0 Å². The Morgan fingerprint density at radius 3 is 2.42 bits per heavy atom. The summed E-state index contributed by atoms with van der Waals surface area (Å²) in [5, 5.41) is 10.4. The molecule has 0 aliphatic carbocycles. The first-order valence-corrected chi connectivity index (χ1v) is 4.88. The van der Waals surface area contributed by atoms with Crippen LogP contribution in [0.5, 0.6) is 0 Å². The van der Waals surface area contributed by atoms with Gasteiger partial charge in [0, 0.05) is 15.4 Å². The zero-order valence-corrected chi connectivity index (χ0v) is 9.69. The summed E-state index contributed by atoms with van der Waals surface area (Å²) in [4.78, 5) is 10.5. The molecular weight excluding hydrogens is 310 g/mol. The molecule has 0 N–H and O–H groups in total. The van der Waals surface area contributed by atoms with Crippen LogP contribution in [0.2, 0.25) is 0 Å². The van der Waals surface area contributed by atoms with Crippen LogP contribution in [0.1, 0.15) is 0 Å². The van der Waals surface area contributed by atoms with Gasteiger partial charge in [0.2, 0.25) is 0 Å². The number of hydrogen-bond donors (Lipinski definition) is 1. The predicted molar refractivity (Wildman–Crippen MR) is 55.7 cm³/mol. The molecule has 0 fully saturated rings. The van der Waals surface area contributed by atoms with Crippen molar-refractivity contribution >= 4 is 50.2 Å². The van der Waals surface area contributed by atoms with Crippen molar-refractivity contribution in [1.82, 2.24) is 0 Å². The minimum Gasteiger partial charge on any atom is -0.258 e. The van der Waals surface area contributed by atoms with Crippen molar-refractivity contribution in [3.63, 3.8) is 0 Å². The molecule has 0 aromatic heterocycles. The van der Waals surface area contributed by atoms with Crippen molar-refractivity contribution in [3.8, 4) is 0 Å². The second-order valence-electron chi connectivity index (χ2n) is 2.01. The summed E-state index contributed by atoms with van der Waals surface area (Å²) in [5.74, 6) is 0. The van der Waals surface area contributed by atoms with Gasteiger partial charge < -0.3 is 0 Å². The van der Waals surface area contributed by atoms with Gasteiger partial charge in [-0.2, -0.15) is 0 Å². The summed E-state index contributed by atoms with van der Waals surface area (Å²) >= 11 is 10.3. The lowest BCUT2D eigenvalue weighted by molar-refractivity contribution is -0.385. The zero-order valence-electron chi connectivity index (χ0n) is 5.62. The number of benzene rings is 1. The van der Waals surface area contributed by atoms with Gasteiger partial charge in [0.1, 0.15) is 0 Å². The molecule has 6 heteroatoms. The van der Waals surface area contributed by atoms with Crippen molar-refractivity contribution < 1.29 is 4.92 Å². The SMILES string of the molecule is O=[N+]([O-])c1cc(S)c(Br)cc1Br. The molecule has 0 unspecified atom stereocenters. The quantitative estimate of drug-likeness (QED) is 0.490.